The minimum atomic E-state index is -4.11. The first-order valence-electron chi connectivity index (χ1n) is 8.59. The molecule has 168 valence electrons. The average molecular weight is 446 g/mol. The molecule has 2 fully saturated rings. The van der Waals surface area contributed by atoms with Crippen LogP contribution in [0.2, 0.25) is 0 Å². The number of aliphatic hydroxyl groups excluding tert-OH is 3. The quantitative estimate of drug-likeness (QED) is 0.297. The zero-order chi connectivity index (χ0) is 23.2. The van der Waals surface area contributed by atoms with E-state index in [-0.39, 0.29) is 6.42 Å². The summed E-state index contributed by atoms with van der Waals surface area (Å²) in [5.41, 5.74) is 34.4. The van der Waals surface area contributed by atoms with Crippen LogP contribution in [0.4, 0.5) is 8.78 Å². The second-order valence-electron chi connectivity index (χ2n) is 6.59. The van der Waals surface area contributed by atoms with Crippen molar-refractivity contribution in [2.24, 2.45) is 20.5 Å². The minimum absolute atomic E-state index is 0.308. The summed E-state index contributed by atoms with van der Waals surface area (Å²) in [5, 5.41) is 43.0. The highest BCUT2D eigenvalue weighted by Gasteiger charge is 2.59. The van der Waals surface area contributed by atoms with Crippen molar-refractivity contribution < 1.29 is 33.6 Å². The van der Waals surface area contributed by atoms with Gasteiger partial charge < -0.3 is 24.8 Å². The van der Waals surface area contributed by atoms with Crippen LogP contribution >= 0.6 is 0 Å². The molecule has 1 aliphatic heterocycles. The van der Waals surface area contributed by atoms with Gasteiger partial charge in [-0.3, -0.25) is 0 Å². The van der Waals surface area contributed by atoms with Crippen molar-refractivity contribution in [2.75, 3.05) is 6.54 Å². The van der Waals surface area contributed by atoms with Gasteiger partial charge in [-0.2, -0.15) is 0 Å². The molecule has 17 nitrogen and oxygen atoms in total. The summed E-state index contributed by atoms with van der Waals surface area (Å²) >= 11 is 0. The normalized spacial score (nSPS) is 39.1. The molecular formula is C12H16F2N12O5. The Balaban J connectivity index is 2.40. The van der Waals surface area contributed by atoms with Gasteiger partial charge in [0.2, 0.25) is 0 Å². The van der Waals surface area contributed by atoms with Gasteiger partial charge in [-0.05, 0) is 28.5 Å². The molecule has 3 N–H and O–H groups in total. The number of nitrogens with zero attached hydrogens (tertiary/aromatic N) is 12. The van der Waals surface area contributed by atoms with Crippen LogP contribution in [0.25, 0.3) is 41.8 Å². The fourth-order valence-corrected chi connectivity index (χ4v) is 3.34. The van der Waals surface area contributed by atoms with Crippen LogP contribution in [0.1, 0.15) is 6.42 Å². The van der Waals surface area contributed by atoms with Gasteiger partial charge in [0.1, 0.15) is 12.2 Å². The van der Waals surface area contributed by atoms with E-state index in [1.165, 1.54) is 0 Å². The minimum Gasteiger partial charge on any atom is -0.390 e. The molecule has 9 atom stereocenters. The lowest BCUT2D eigenvalue weighted by Gasteiger charge is -2.46. The second kappa shape index (κ2) is 10.3. The number of alkyl halides is 2. The molecule has 9 unspecified atom stereocenters. The Kier molecular flexibility index (Phi) is 8.01. The average Bonchev–Trinajstić information content (AvgIpc) is 2.73. The predicted octanol–water partition coefficient (Wildman–Crippen LogP) is 1.57. The number of azide groups is 4. The zero-order valence-corrected chi connectivity index (χ0v) is 15.4. The Bertz CT molecular complexity index is 853. The predicted molar refractivity (Wildman–Crippen MR) is 93.9 cm³/mol. The molecule has 1 heterocycles. The lowest BCUT2D eigenvalue weighted by atomic mass is 9.84. The maximum atomic E-state index is 14.7. The number of hydrogen-bond donors (Lipinski definition) is 3. The van der Waals surface area contributed by atoms with Gasteiger partial charge in [0.15, 0.2) is 12.3 Å². The molecule has 1 aliphatic carbocycles. The van der Waals surface area contributed by atoms with Crippen molar-refractivity contribution >= 4 is 0 Å². The summed E-state index contributed by atoms with van der Waals surface area (Å²) in [7, 11) is 0. The van der Waals surface area contributed by atoms with E-state index >= 15 is 0 Å². The van der Waals surface area contributed by atoms with E-state index in [0.717, 1.165) is 0 Å². The molecule has 0 spiro atoms. The van der Waals surface area contributed by atoms with E-state index in [4.69, 9.17) is 31.6 Å². The van der Waals surface area contributed by atoms with Crippen molar-refractivity contribution in [2.45, 2.75) is 67.3 Å². The van der Waals surface area contributed by atoms with Crippen molar-refractivity contribution in [3.8, 4) is 0 Å². The van der Waals surface area contributed by atoms with Crippen LogP contribution in [0.3, 0.4) is 0 Å². The smallest absolute Gasteiger partial charge is 0.289 e. The highest BCUT2D eigenvalue weighted by molar-refractivity contribution is 5.04. The van der Waals surface area contributed by atoms with Crippen LogP contribution in [0.5, 0.6) is 0 Å². The maximum Gasteiger partial charge on any atom is 0.289 e. The van der Waals surface area contributed by atoms with Gasteiger partial charge in [0.05, 0.1) is 36.9 Å². The first kappa shape index (κ1) is 24.2. The Labute approximate surface area is 170 Å². The van der Waals surface area contributed by atoms with Crippen LogP contribution in [0.15, 0.2) is 20.5 Å². The summed E-state index contributed by atoms with van der Waals surface area (Å²) < 4.78 is 39.8. The largest absolute Gasteiger partial charge is 0.390 e. The van der Waals surface area contributed by atoms with Gasteiger partial charge in [0.25, 0.3) is 5.92 Å². The highest BCUT2D eigenvalue weighted by atomic mass is 19.3. The molecule has 0 aromatic carbocycles. The van der Waals surface area contributed by atoms with Crippen LogP contribution in [-0.2, 0) is 9.47 Å². The molecule has 0 bridgehead atoms. The summed E-state index contributed by atoms with van der Waals surface area (Å²) in [6.07, 6.45) is -12.0. The molecular weight excluding hydrogens is 430 g/mol. The molecule has 1 saturated carbocycles. The Hall–Kier alpha value is -3.10. The third kappa shape index (κ3) is 4.98. The first-order valence-corrected chi connectivity index (χ1v) is 8.59. The zero-order valence-electron chi connectivity index (χ0n) is 15.4. The highest BCUT2D eigenvalue weighted by Crippen LogP contribution is 2.39. The SMILES string of the molecule is [N-]=[N+]=NCC1OC(OC2C(N=[N+]=[N-])CC(N=[N+]=[N-])C(O)C2O)C(N=[N+]=[N-])C(F)(F)C1O. The third-order valence-corrected chi connectivity index (χ3v) is 4.84. The fraction of sp³-hybridized carbons (Fsp3) is 1.00. The molecule has 2 rings (SSSR count). The van der Waals surface area contributed by atoms with E-state index in [0.29, 0.717) is 0 Å². The van der Waals surface area contributed by atoms with Gasteiger partial charge in [-0.25, -0.2) is 8.78 Å². The van der Waals surface area contributed by atoms with Crippen molar-refractivity contribution in [3.63, 3.8) is 0 Å². The first-order chi connectivity index (χ1) is 14.7. The van der Waals surface area contributed by atoms with Crippen LogP contribution < -0.4 is 0 Å². The number of halogens is 2. The van der Waals surface area contributed by atoms with E-state index in [9.17, 15) is 24.1 Å². The van der Waals surface area contributed by atoms with Gasteiger partial charge in [-0.15, -0.1) is 0 Å². The summed E-state index contributed by atoms with van der Waals surface area (Å²) in [6, 6.07) is -4.94. The van der Waals surface area contributed by atoms with Crippen LogP contribution in [-0.4, -0.2) is 82.7 Å². The molecule has 1 saturated heterocycles. The van der Waals surface area contributed by atoms with Crippen molar-refractivity contribution in [1.82, 2.24) is 0 Å². The summed E-state index contributed by atoms with van der Waals surface area (Å²) in [5.74, 6) is -4.11. The number of rotatable bonds is 7. The molecule has 0 radical (unpaired) electrons. The third-order valence-electron chi connectivity index (χ3n) is 4.84. The number of hydrogen-bond acceptors (Lipinski definition) is 9. The summed E-state index contributed by atoms with van der Waals surface area (Å²) in [4.78, 5) is 9.75. The fourth-order valence-electron chi connectivity index (χ4n) is 3.34. The number of aliphatic hydroxyl groups is 3. The van der Waals surface area contributed by atoms with E-state index in [2.05, 4.69) is 40.1 Å². The molecule has 0 aromatic rings. The molecule has 0 amide bonds. The molecule has 0 aromatic heterocycles. The van der Waals surface area contributed by atoms with E-state index < -0.39 is 67.4 Å². The molecule has 2 aliphatic rings. The van der Waals surface area contributed by atoms with Crippen molar-refractivity contribution in [1.29, 1.82) is 0 Å². The maximum absolute atomic E-state index is 14.7. The second-order valence-corrected chi connectivity index (χ2v) is 6.59. The summed E-state index contributed by atoms with van der Waals surface area (Å²) in [6.45, 7) is -0.731. The Morgan fingerprint density at radius 1 is 0.935 bits per heavy atom. The van der Waals surface area contributed by atoms with E-state index in [1.807, 2.05) is 0 Å². The lowest BCUT2D eigenvalue weighted by Crippen LogP contribution is -2.65. The molecule has 19 heteroatoms. The lowest BCUT2D eigenvalue weighted by molar-refractivity contribution is -0.321. The number of ether oxygens (including phenoxy) is 2. The topological polar surface area (TPSA) is 274 Å². The van der Waals surface area contributed by atoms with Crippen molar-refractivity contribution in [3.05, 3.63) is 41.8 Å². The molecule has 31 heavy (non-hydrogen) atoms. The van der Waals surface area contributed by atoms with E-state index in [1.54, 1.807) is 0 Å². The standard InChI is InChI=1S/C12H16F2N12O5/c13-12(14)9(22-26-18)11(30-5(10(12)29)2-19-23-15)31-8-4(21-25-17)1-3(20-24-16)6(27)7(8)28/h3-11,27-29H,1-2H2. The Morgan fingerprint density at radius 2 is 1.55 bits per heavy atom. The van der Waals surface area contributed by atoms with Gasteiger partial charge >= 0.3 is 0 Å². The van der Waals surface area contributed by atoms with Gasteiger partial charge in [0, 0.05) is 19.6 Å². The Morgan fingerprint density at radius 3 is 2.13 bits per heavy atom. The van der Waals surface area contributed by atoms with Gasteiger partial charge in [-0.1, -0.05) is 20.5 Å². The van der Waals surface area contributed by atoms with Crippen LogP contribution in [0, 0.1) is 0 Å². The monoisotopic (exact) mass is 446 g/mol.